The number of hydrogen-bond acceptors (Lipinski definition) is 8. The van der Waals surface area contributed by atoms with Crippen molar-refractivity contribution in [3.05, 3.63) is 88.8 Å². The molecule has 5 rings (SSSR count). The number of nitrogens with one attached hydrogen (secondary N) is 2. The summed E-state index contributed by atoms with van der Waals surface area (Å²) < 4.78 is 19.7. The molecule has 0 spiro atoms. The summed E-state index contributed by atoms with van der Waals surface area (Å²) in [7, 11) is 0. The van der Waals surface area contributed by atoms with Crippen molar-refractivity contribution in [2.24, 2.45) is 11.0 Å². The molecule has 8 nitrogen and oxygen atoms in total. The van der Waals surface area contributed by atoms with Crippen molar-refractivity contribution in [1.29, 1.82) is 0 Å². The van der Waals surface area contributed by atoms with Gasteiger partial charge in [0, 0.05) is 18.8 Å². The molecule has 0 bridgehead atoms. The maximum Gasteiger partial charge on any atom is 0.245 e. The van der Waals surface area contributed by atoms with Crippen molar-refractivity contribution < 1.29 is 14.2 Å². The Morgan fingerprint density at radius 3 is 2.61 bits per heavy atom. The first-order valence-corrected chi connectivity index (χ1v) is 13.9. The Balaban J connectivity index is 1.35. The number of aromatic nitrogens is 2. The molecule has 0 saturated carbocycles. The second-order valence-corrected chi connectivity index (χ2v) is 10.6. The van der Waals surface area contributed by atoms with Gasteiger partial charge in [-0.2, -0.15) is 10.1 Å². The van der Waals surface area contributed by atoms with E-state index >= 15 is 0 Å². The summed E-state index contributed by atoms with van der Waals surface area (Å²) in [5.41, 5.74) is 8.28. The standard InChI is InChI=1S/C31H32ClFN6O2/c1-20(2)13-23-17-29(36-25-7-3-5-21(14-25)22-6-4-8-26(40)15-22)27(32)16-24(23)18-35-38-31-34-19-28(33)30(37-31)39-9-11-41-12-10-39/h3-8,14-20,36,40H,9-13H2,1-2H3,(H,34,37,38)/b35-18+. The quantitative estimate of drug-likeness (QED) is 0.148. The van der Waals surface area contributed by atoms with Crippen molar-refractivity contribution in [3.63, 3.8) is 0 Å². The Hall–Kier alpha value is -4.21. The molecule has 0 aliphatic carbocycles. The van der Waals surface area contributed by atoms with Crippen molar-refractivity contribution in [1.82, 2.24) is 9.97 Å². The van der Waals surface area contributed by atoms with E-state index in [1.807, 2.05) is 53.4 Å². The van der Waals surface area contributed by atoms with Gasteiger partial charge >= 0.3 is 0 Å². The third-order valence-electron chi connectivity index (χ3n) is 6.58. The van der Waals surface area contributed by atoms with Gasteiger partial charge in [0.1, 0.15) is 5.75 Å². The molecule has 3 aromatic carbocycles. The van der Waals surface area contributed by atoms with Crippen LogP contribution in [-0.2, 0) is 11.2 Å². The normalized spacial score (nSPS) is 13.6. The molecular formula is C31H32ClFN6O2. The van der Waals surface area contributed by atoms with Crippen LogP contribution in [0, 0.1) is 11.7 Å². The monoisotopic (exact) mass is 574 g/mol. The zero-order valence-electron chi connectivity index (χ0n) is 22.9. The third kappa shape index (κ3) is 7.31. The fraction of sp³-hybridized carbons (Fsp3) is 0.258. The fourth-order valence-electron chi connectivity index (χ4n) is 4.65. The molecule has 212 valence electrons. The van der Waals surface area contributed by atoms with E-state index in [1.165, 1.54) is 0 Å². The highest BCUT2D eigenvalue weighted by Gasteiger charge is 2.18. The second kappa shape index (κ2) is 13.0. The third-order valence-corrected chi connectivity index (χ3v) is 6.90. The molecule has 1 aliphatic rings. The van der Waals surface area contributed by atoms with Crippen LogP contribution in [0.3, 0.4) is 0 Å². The van der Waals surface area contributed by atoms with Gasteiger partial charge in [-0.15, -0.1) is 0 Å². The Labute approximate surface area is 243 Å². The molecule has 0 unspecified atom stereocenters. The van der Waals surface area contributed by atoms with Crippen LogP contribution in [-0.4, -0.2) is 47.6 Å². The molecule has 10 heteroatoms. The molecule has 0 amide bonds. The van der Waals surface area contributed by atoms with E-state index in [4.69, 9.17) is 16.3 Å². The molecule has 1 saturated heterocycles. The maximum atomic E-state index is 14.4. The maximum absolute atomic E-state index is 14.4. The summed E-state index contributed by atoms with van der Waals surface area (Å²) in [4.78, 5) is 10.2. The molecule has 2 heterocycles. The zero-order valence-corrected chi connectivity index (χ0v) is 23.7. The number of benzene rings is 3. The van der Waals surface area contributed by atoms with Gasteiger partial charge in [0.2, 0.25) is 5.95 Å². The molecule has 0 atom stereocenters. The van der Waals surface area contributed by atoms with Gasteiger partial charge in [0.15, 0.2) is 11.6 Å². The van der Waals surface area contributed by atoms with Crippen LogP contribution in [0.4, 0.5) is 27.5 Å². The van der Waals surface area contributed by atoms with Crippen LogP contribution in [0.2, 0.25) is 5.02 Å². The minimum Gasteiger partial charge on any atom is -0.508 e. The van der Waals surface area contributed by atoms with Crippen LogP contribution in [0.1, 0.15) is 25.0 Å². The van der Waals surface area contributed by atoms with Crippen LogP contribution in [0.5, 0.6) is 5.75 Å². The smallest absolute Gasteiger partial charge is 0.245 e. The van der Waals surface area contributed by atoms with E-state index < -0.39 is 5.82 Å². The minimum absolute atomic E-state index is 0.200. The van der Waals surface area contributed by atoms with E-state index in [0.717, 1.165) is 46.2 Å². The van der Waals surface area contributed by atoms with Crippen molar-refractivity contribution >= 4 is 41.0 Å². The molecule has 41 heavy (non-hydrogen) atoms. The summed E-state index contributed by atoms with van der Waals surface area (Å²) >= 11 is 6.73. The lowest BCUT2D eigenvalue weighted by Gasteiger charge is -2.27. The van der Waals surface area contributed by atoms with Crippen LogP contribution >= 0.6 is 11.6 Å². The first kappa shape index (κ1) is 28.3. The number of aromatic hydroxyl groups is 1. The van der Waals surface area contributed by atoms with Gasteiger partial charge < -0.3 is 20.1 Å². The molecule has 1 fully saturated rings. The number of phenolic OH excluding ortho intramolecular Hbond substituents is 1. The number of hydrazone groups is 1. The van der Waals surface area contributed by atoms with E-state index in [-0.39, 0.29) is 17.5 Å². The first-order chi connectivity index (χ1) is 19.9. The van der Waals surface area contributed by atoms with Crippen molar-refractivity contribution in [2.45, 2.75) is 20.3 Å². The summed E-state index contributed by atoms with van der Waals surface area (Å²) in [5.74, 6) is 0.564. The predicted molar refractivity (Wildman–Crippen MR) is 163 cm³/mol. The zero-order chi connectivity index (χ0) is 28.8. The van der Waals surface area contributed by atoms with Crippen LogP contribution in [0.25, 0.3) is 11.1 Å². The van der Waals surface area contributed by atoms with Crippen molar-refractivity contribution in [3.8, 4) is 16.9 Å². The Morgan fingerprint density at radius 1 is 1.10 bits per heavy atom. The number of rotatable bonds is 9. The molecule has 0 radical (unpaired) electrons. The summed E-state index contributed by atoms with van der Waals surface area (Å²) in [6.07, 6.45) is 3.63. The average molecular weight is 575 g/mol. The molecule has 1 aliphatic heterocycles. The molecule has 4 aromatic rings. The lowest BCUT2D eigenvalue weighted by atomic mass is 9.97. The number of anilines is 4. The van der Waals surface area contributed by atoms with Crippen LogP contribution < -0.4 is 15.6 Å². The summed E-state index contributed by atoms with van der Waals surface area (Å²) in [6.45, 7) is 6.48. The fourth-order valence-corrected chi connectivity index (χ4v) is 4.87. The SMILES string of the molecule is CC(C)Cc1cc(Nc2cccc(-c3cccc(O)c3)c2)c(Cl)cc1/C=N/Nc1ncc(F)c(N2CCOCC2)n1. The number of nitrogens with zero attached hydrogens (tertiary/aromatic N) is 4. The highest BCUT2D eigenvalue weighted by Crippen LogP contribution is 2.32. The highest BCUT2D eigenvalue weighted by atomic mass is 35.5. The Morgan fingerprint density at radius 2 is 1.85 bits per heavy atom. The van der Waals surface area contributed by atoms with E-state index in [0.29, 0.717) is 37.2 Å². The minimum atomic E-state index is -0.483. The number of morpholine rings is 1. The highest BCUT2D eigenvalue weighted by molar-refractivity contribution is 6.33. The lowest BCUT2D eigenvalue weighted by molar-refractivity contribution is 0.122. The summed E-state index contributed by atoms with van der Waals surface area (Å²) in [5, 5.41) is 18.2. The molecule has 1 aromatic heterocycles. The average Bonchev–Trinajstić information content (AvgIpc) is 2.96. The topological polar surface area (TPSA) is 94.9 Å². The second-order valence-electron chi connectivity index (χ2n) is 10.2. The van der Waals surface area contributed by atoms with Gasteiger partial charge in [-0.05, 0) is 71.0 Å². The van der Waals surface area contributed by atoms with E-state index in [2.05, 4.69) is 39.7 Å². The first-order valence-electron chi connectivity index (χ1n) is 13.5. The van der Waals surface area contributed by atoms with Gasteiger partial charge in [-0.1, -0.05) is 49.7 Å². The number of hydrogen-bond donors (Lipinski definition) is 3. The Kier molecular flexibility index (Phi) is 8.96. The molecular weight excluding hydrogens is 543 g/mol. The largest absolute Gasteiger partial charge is 0.508 e. The summed E-state index contributed by atoms with van der Waals surface area (Å²) in [6, 6.07) is 19.0. The lowest BCUT2D eigenvalue weighted by Crippen LogP contribution is -2.37. The predicted octanol–water partition coefficient (Wildman–Crippen LogP) is 6.87. The van der Waals surface area contributed by atoms with Gasteiger partial charge in [-0.25, -0.2) is 14.8 Å². The van der Waals surface area contributed by atoms with Gasteiger partial charge in [0.25, 0.3) is 0 Å². The van der Waals surface area contributed by atoms with Crippen molar-refractivity contribution in [2.75, 3.05) is 41.9 Å². The number of phenols is 1. The van der Waals surface area contributed by atoms with E-state index in [1.54, 1.807) is 18.3 Å². The van der Waals surface area contributed by atoms with Crippen LogP contribution in [0.15, 0.2) is 72.0 Å². The Bertz CT molecular complexity index is 1540. The number of ether oxygens (including phenoxy) is 1. The molecule has 3 N–H and O–H groups in total. The number of halogens is 2. The van der Waals surface area contributed by atoms with Gasteiger partial charge in [0.05, 0.1) is 36.3 Å². The van der Waals surface area contributed by atoms with E-state index in [9.17, 15) is 9.50 Å². The van der Waals surface area contributed by atoms with Gasteiger partial charge in [-0.3, -0.25) is 0 Å².